The number of piperazine rings is 1. The van der Waals surface area contributed by atoms with Gasteiger partial charge in [-0.2, -0.15) is 0 Å². The second-order valence-corrected chi connectivity index (χ2v) is 6.02. The van der Waals surface area contributed by atoms with E-state index in [4.69, 9.17) is 0 Å². The van der Waals surface area contributed by atoms with Crippen molar-refractivity contribution >= 4 is 11.8 Å². The standard InChI is InChI=1S/C17H20N4O3/c1-12-5-6-21(16(22)15(12)17(23)24)13-3-4-14(18-11-13)20-9-7-19(2)8-10-20/h3-6,11H,7-10H2,1-2H3,(H,23,24). The lowest BCUT2D eigenvalue weighted by Crippen LogP contribution is -2.44. The van der Waals surface area contributed by atoms with Crippen molar-refractivity contribution in [3.05, 3.63) is 52.1 Å². The molecule has 0 radical (unpaired) electrons. The zero-order chi connectivity index (χ0) is 17.3. The van der Waals surface area contributed by atoms with Crippen molar-refractivity contribution < 1.29 is 9.90 Å². The van der Waals surface area contributed by atoms with Gasteiger partial charge >= 0.3 is 5.97 Å². The maximum Gasteiger partial charge on any atom is 0.341 e. The Labute approximate surface area is 139 Å². The van der Waals surface area contributed by atoms with Gasteiger partial charge in [0.2, 0.25) is 0 Å². The molecule has 0 saturated carbocycles. The Bertz CT molecular complexity index is 806. The molecular weight excluding hydrogens is 308 g/mol. The highest BCUT2D eigenvalue weighted by Gasteiger charge is 2.17. The monoisotopic (exact) mass is 328 g/mol. The van der Waals surface area contributed by atoms with Crippen molar-refractivity contribution in [2.24, 2.45) is 0 Å². The van der Waals surface area contributed by atoms with E-state index in [2.05, 4.69) is 21.8 Å². The highest BCUT2D eigenvalue weighted by atomic mass is 16.4. The predicted octanol–water partition coefficient (Wildman–Crippen LogP) is 0.991. The Morgan fingerprint density at radius 1 is 1.17 bits per heavy atom. The summed E-state index contributed by atoms with van der Waals surface area (Å²) in [6.07, 6.45) is 3.19. The minimum atomic E-state index is -1.21. The van der Waals surface area contributed by atoms with Crippen LogP contribution in [0.5, 0.6) is 0 Å². The number of nitrogens with zero attached hydrogens (tertiary/aromatic N) is 4. The molecule has 126 valence electrons. The van der Waals surface area contributed by atoms with Crippen molar-refractivity contribution in [3.8, 4) is 5.69 Å². The zero-order valence-electron chi connectivity index (χ0n) is 13.8. The van der Waals surface area contributed by atoms with Crippen LogP contribution in [0.3, 0.4) is 0 Å². The Morgan fingerprint density at radius 3 is 2.46 bits per heavy atom. The topological polar surface area (TPSA) is 78.7 Å². The lowest BCUT2D eigenvalue weighted by Gasteiger charge is -2.33. The molecule has 0 bridgehead atoms. The molecule has 0 aliphatic carbocycles. The van der Waals surface area contributed by atoms with Gasteiger partial charge < -0.3 is 14.9 Å². The SMILES string of the molecule is Cc1ccn(-c2ccc(N3CCN(C)CC3)nc2)c(=O)c1C(=O)O. The maximum absolute atomic E-state index is 12.4. The van der Waals surface area contributed by atoms with Gasteiger partial charge in [0.1, 0.15) is 11.4 Å². The summed E-state index contributed by atoms with van der Waals surface area (Å²) in [6.45, 7) is 5.42. The van der Waals surface area contributed by atoms with Crippen molar-refractivity contribution in [2.45, 2.75) is 6.92 Å². The van der Waals surface area contributed by atoms with Crippen molar-refractivity contribution in [1.82, 2.24) is 14.5 Å². The number of rotatable bonds is 3. The molecule has 2 aromatic rings. The van der Waals surface area contributed by atoms with Crippen LogP contribution in [0.15, 0.2) is 35.4 Å². The molecule has 3 heterocycles. The summed E-state index contributed by atoms with van der Waals surface area (Å²) in [5.74, 6) is -0.348. The summed E-state index contributed by atoms with van der Waals surface area (Å²) >= 11 is 0. The number of aryl methyl sites for hydroxylation is 1. The summed E-state index contributed by atoms with van der Waals surface area (Å²) in [6, 6.07) is 5.29. The molecule has 0 atom stereocenters. The number of hydrogen-bond acceptors (Lipinski definition) is 5. The summed E-state index contributed by atoms with van der Waals surface area (Å²) in [5.41, 5.74) is 0.253. The summed E-state index contributed by atoms with van der Waals surface area (Å²) in [4.78, 5) is 32.6. The number of hydrogen-bond donors (Lipinski definition) is 1. The minimum Gasteiger partial charge on any atom is -0.477 e. The molecule has 24 heavy (non-hydrogen) atoms. The molecule has 2 aromatic heterocycles. The molecule has 0 aromatic carbocycles. The van der Waals surface area contributed by atoms with E-state index in [0.717, 1.165) is 32.0 Å². The molecule has 7 nitrogen and oxygen atoms in total. The zero-order valence-corrected chi connectivity index (χ0v) is 13.8. The second-order valence-electron chi connectivity index (χ2n) is 6.02. The third-order valence-electron chi connectivity index (χ3n) is 4.35. The molecule has 1 fully saturated rings. The largest absolute Gasteiger partial charge is 0.477 e. The van der Waals surface area contributed by atoms with Gasteiger partial charge in [0.05, 0.1) is 11.9 Å². The Hall–Kier alpha value is -2.67. The highest BCUT2D eigenvalue weighted by Crippen LogP contribution is 2.15. The Morgan fingerprint density at radius 2 is 1.88 bits per heavy atom. The van der Waals surface area contributed by atoms with Gasteiger partial charge in [0.25, 0.3) is 5.56 Å². The van der Waals surface area contributed by atoms with Crippen LogP contribution in [0.25, 0.3) is 5.69 Å². The molecule has 0 spiro atoms. The second kappa shape index (κ2) is 6.45. The van der Waals surface area contributed by atoms with Gasteiger partial charge in [-0.25, -0.2) is 9.78 Å². The number of aromatic carboxylic acids is 1. The van der Waals surface area contributed by atoms with Gasteiger partial charge in [-0.3, -0.25) is 9.36 Å². The molecule has 1 aliphatic heterocycles. The average molecular weight is 328 g/mol. The molecular formula is C17H20N4O3. The first-order valence-corrected chi connectivity index (χ1v) is 7.83. The first kappa shape index (κ1) is 16.2. The van der Waals surface area contributed by atoms with Gasteiger partial charge in [-0.05, 0) is 37.7 Å². The number of anilines is 1. The van der Waals surface area contributed by atoms with Crippen LogP contribution in [0.4, 0.5) is 5.82 Å². The van der Waals surface area contributed by atoms with E-state index in [9.17, 15) is 14.7 Å². The number of carbonyl (C=O) groups is 1. The number of carboxylic acids is 1. The van der Waals surface area contributed by atoms with Crippen LogP contribution < -0.4 is 10.5 Å². The van der Waals surface area contributed by atoms with Crippen molar-refractivity contribution in [2.75, 3.05) is 38.1 Å². The third-order valence-corrected chi connectivity index (χ3v) is 4.35. The number of aromatic nitrogens is 2. The van der Waals surface area contributed by atoms with Gasteiger partial charge in [0.15, 0.2) is 0 Å². The van der Waals surface area contributed by atoms with Crippen LogP contribution in [0, 0.1) is 6.92 Å². The fourth-order valence-electron chi connectivity index (χ4n) is 2.83. The number of pyridine rings is 2. The summed E-state index contributed by atoms with van der Waals surface area (Å²) in [5, 5.41) is 9.21. The summed E-state index contributed by atoms with van der Waals surface area (Å²) in [7, 11) is 2.09. The first-order chi connectivity index (χ1) is 11.5. The van der Waals surface area contributed by atoms with E-state index >= 15 is 0 Å². The first-order valence-electron chi connectivity index (χ1n) is 7.83. The number of likely N-dealkylation sites (N-methyl/N-ethyl adjacent to an activating group) is 1. The van der Waals surface area contributed by atoms with E-state index in [1.54, 1.807) is 31.5 Å². The quantitative estimate of drug-likeness (QED) is 0.905. The lowest BCUT2D eigenvalue weighted by atomic mass is 10.1. The van der Waals surface area contributed by atoms with E-state index in [0.29, 0.717) is 11.3 Å². The van der Waals surface area contributed by atoms with Crippen molar-refractivity contribution in [3.63, 3.8) is 0 Å². The fraction of sp³-hybridized carbons (Fsp3) is 0.353. The molecule has 7 heteroatoms. The molecule has 1 N–H and O–H groups in total. The fourth-order valence-corrected chi connectivity index (χ4v) is 2.83. The highest BCUT2D eigenvalue weighted by molar-refractivity contribution is 5.88. The van der Waals surface area contributed by atoms with E-state index in [-0.39, 0.29) is 5.56 Å². The van der Waals surface area contributed by atoms with Crippen LogP contribution in [-0.2, 0) is 0 Å². The van der Waals surface area contributed by atoms with Gasteiger partial charge in [-0.1, -0.05) is 0 Å². The molecule has 0 amide bonds. The summed E-state index contributed by atoms with van der Waals surface area (Å²) < 4.78 is 1.32. The van der Waals surface area contributed by atoms with Gasteiger partial charge in [0, 0.05) is 32.4 Å². The molecule has 1 saturated heterocycles. The molecule has 3 rings (SSSR count). The average Bonchev–Trinajstić information content (AvgIpc) is 2.56. The van der Waals surface area contributed by atoms with Crippen LogP contribution in [0.1, 0.15) is 15.9 Å². The smallest absolute Gasteiger partial charge is 0.341 e. The van der Waals surface area contributed by atoms with E-state index in [1.165, 1.54) is 4.57 Å². The third kappa shape index (κ3) is 3.03. The Balaban J connectivity index is 1.90. The predicted molar refractivity (Wildman–Crippen MR) is 91.2 cm³/mol. The molecule has 0 unspecified atom stereocenters. The molecule has 1 aliphatic rings. The van der Waals surface area contributed by atoms with Crippen molar-refractivity contribution in [1.29, 1.82) is 0 Å². The number of carboxylic acid groups (broad SMARTS) is 1. The van der Waals surface area contributed by atoms with E-state index < -0.39 is 11.5 Å². The normalized spacial score (nSPS) is 15.5. The lowest BCUT2D eigenvalue weighted by molar-refractivity contribution is 0.0693. The van der Waals surface area contributed by atoms with Crippen LogP contribution in [0.2, 0.25) is 0 Å². The van der Waals surface area contributed by atoms with Crippen LogP contribution in [-0.4, -0.2) is 58.8 Å². The minimum absolute atomic E-state index is 0.208. The van der Waals surface area contributed by atoms with Gasteiger partial charge in [-0.15, -0.1) is 0 Å². The van der Waals surface area contributed by atoms with E-state index in [1.807, 2.05) is 6.07 Å². The maximum atomic E-state index is 12.4. The van der Waals surface area contributed by atoms with Crippen LogP contribution >= 0.6 is 0 Å². The Kier molecular flexibility index (Phi) is 4.35.